The molecule has 1 aromatic rings. The zero-order valence-electron chi connectivity index (χ0n) is 9.87. The second kappa shape index (κ2) is 4.58. The average molecular weight is 234 g/mol. The second-order valence-corrected chi connectivity index (χ2v) is 4.82. The molecule has 5 nitrogen and oxygen atoms in total. The Labute approximate surface area is 101 Å². The van der Waals surface area contributed by atoms with Gasteiger partial charge in [0.25, 0.3) is 0 Å². The first kappa shape index (κ1) is 10.9. The molecule has 0 amide bonds. The van der Waals surface area contributed by atoms with Gasteiger partial charge in [0.05, 0.1) is 12.8 Å². The van der Waals surface area contributed by atoms with Crippen LogP contribution in [0.2, 0.25) is 0 Å². The molecule has 3 heterocycles. The maximum absolute atomic E-state index is 9.31. The highest BCUT2D eigenvalue weighted by atomic mass is 16.3. The number of hydrogen-bond acceptors (Lipinski definition) is 5. The second-order valence-electron chi connectivity index (χ2n) is 4.82. The third kappa shape index (κ3) is 2.00. The van der Waals surface area contributed by atoms with Crippen molar-refractivity contribution in [1.29, 1.82) is 0 Å². The highest BCUT2D eigenvalue weighted by Crippen LogP contribution is 2.28. The number of nitrogens with zero attached hydrogens (tertiary/aromatic N) is 4. The molecular formula is C12H18N4O. The molecule has 5 heteroatoms. The number of aromatic nitrogens is 2. The molecule has 0 aliphatic carbocycles. The fourth-order valence-electron chi connectivity index (χ4n) is 3.02. The summed E-state index contributed by atoms with van der Waals surface area (Å²) < 4.78 is 0. The van der Waals surface area contributed by atoms with Gasteiger partial charge in [0.15, 0.2) is 0 Å². The van der Waals surface area contributed by atoms with Gasteiger partial charge < -0.3 is 10.0 Å². The number of fused-ring (bicyclic) bond motifs is 1. The van der Waals surface area contributed by atoms with E-state index >= 15 is 0 Å². The Bertz CT molecular complexity index is 372. The van der Waals surface area contributed by atoms with Crippen molar-refractivity contribution in [3.63, 3.8) is 0 Å². The van der Waals surface area contributed by atoms with Crippen LogP contribution in [0.25, 0.3) is 0 Å². The van der Waals surface area contributed by atoms with E-state index in [0.29, 0.717) is 18.7 Å². The van der Waals surface area contributed by atoms with Crippen molar-refractivity contribution in [3.05, 3.63) is 18.6 Å². The van der Waals surface area contributed by atoms with Crippen molar-refractivity contribution in [2.24, 2.45) is 0 Å². The van der Waals surface area contributed by atoms with Crippen molar-refractivity contribution in [2.75, 3.05) is 31.1 Å². The highest BCUT2D eigenvalue weighted by Gasteiger charge is 2.37. The van der Waals surface area contributed by atoms with E-state index in [0.717, 1.165) is 31.9 Å². The van der Waals surface area contributed by atoms with E-state index in [9.17, 15) is 5.11 Å². The van der Waals surface area contributed by atoms with E-state index in [1.54, 1.807) is 12.4 Å². The number of piperazine rings is 1. The van der Waals surface area contributed by atoms with E-state index in [1.807, 2.05) is 6.20 Å². The summed E-state index contributed by atoms with van der Waals surface area (Å²) in [6.45, 7) is 3.30. The molecule has 2 fully saturated rings. The molecule has 0 unspecified atom stereocenters. The Hall–Kier alpha value is -1.20. The molecule has 92 valence electrons. The summed E-state index contributed by atoms with van der Waals surface area (Å²) in [5, 5.41) is 9.31. The van der Waals surface area contributed by atoms with E-state index in [-0.39, 0.29) is 0 Å². The van der Waals surface area contributed by atoms with Gasteiger partial charge in [-0.05, 0) is 12.8 Å². The lowest BCUT2D eigenvalue weighted by Crippen LogP contribution is -2.53. The molecule has 2 atom stereocenters. The van der Waals surface area contributed by atoms with Crippen molar-refractivity contribution in [1.82, 2.24) is 14.9 Å². The van der Waals surface area contributed by atoms with Crippen molar-refractivity contribution in [3.8, 4) is 0 Å². The zero-order valence-corrected chi connectivity index (χ0v) is 9.87. The molecule has 0 radical (unpaired) electrons. The Kier molecular flexibility index (Phi) is 2.94. The molecule has 2 saturated heterocycles. The Balaban J connectivity index is 1.70. The predicted octanol–water partition coefficient (Wildman–Crippen LogP) is 0.122. The number of rotatable bonds is 2. The summed E-state index contributed by atoms with van der Waals surface area (Å²) in [7, 11) is 0. The van der Waals surface area contributed by atoms with Gasteiger partial charge in [0.2, 0.25) is 0 Å². The molecule has 1 aromatic heterocycles. The highest BCUT2D eigenvalue weighted by molar-refractivity contribution is 5.36. The SMILES string of the molecule is OC[C@H]1CC[C@H]2CN(c3cnccn3)CCN12. The lowest BCUT2D eigenvalue weighted by Gasteiger charge is -2.40. The van der Waals surface area contributed by atoms with Gasteiger partial charge >= 0.3 is 0 Å². The van der Waals surface area contributed by atoms with E-state index in [4.69, 9.17) is 0 Å². The summed E-state index contributed by atoms with van der Waals surface area (Å²) in [5.74, 6) is 0.972. The van der Waals surface area contributed by atoms with E-state index in [1.165, 1.54) is 6.42 Å². The zero-order chi connectivity index (χ0) is 11.7. The summed E-state index contributed by atoms with van der Waals surface area (Å²) >= 11 is 0. The fourth-order valence-corrected chi connectivity index (χ4v) is 3.02. The van der Waals surface area contributed by atoms with Gasteiger partial charge in [-0.25, -0.2) is 4.98 Å². The van der Waals surface area contributed by atoms with Gasteiger partial charge in [0, 0.05) is 44.1 Å². The Morgan fingerprint density at radius 2 is 2.24 bits per heavy atom. The molecule has 17 heavy (non-hydrogen) atoms. The molecule has 0 aromatic carbocycles. The third-order valence-electron chi connectivity index (χ3n) is 3.91. The van der Waals surface area contributed by atoms with E-state index < -0.39 is 0 Å². The first-order valence-corrected chi connectivity index (χ1v) is 6.26. The molecule has 0 spiro atoms. The van der Waals surface area contributed by atoms with Crippen LogP contribution in [0, 0.1) is 0 Å². The first-order chi connectivity index (χ1) is 8.38. The Morgan fingerprint density at radius 3 is 3.00 bits per heavy atom. The van der Waals surface area contributed by atoms with Crippen LogP contribution >= 0.6 is 0 Å². The summed E-state index contributed by atoms with van der Waals surface area (Å²) in [5.41, 5.74) is 0. The van der Waals surface area contributed by atoms with Crippen LogP contribution in [0.5, 0.6) is 0 Å². The smallest absolute Gasteiger partial charge is 0.147 e. The lowest BCUT2D eigenvalue weighted by atomic mass is 10.1. The lowest BCUT2D eigenvalue weighted by molar-refractivity contribution is 0.120. The quantitative estimate of drug-likeness (QED) is 0.788. The molecular weight excluding hydrogens is 216 g/mol. The molecule has 2 aliphatic rings. The summed E-state index contributed by atoms with van der Waals surface area (Å²) in [6, 6.07) is 0.951. The molecule has 1 N–H and O–H groups in total. The van der Waals surface area contributed by atoms with Gasteiger partial charge in [-0.3, -0.25) is 9.88 Å². The van der Waals surface area contributed by atoms with Crippen LogP contribution in [0.15, 0.2) is 18.6 Å². The Morgan fingerprint density at radius 1 is 1.29 bits per heavy atom. The molecule has 0 saturated carbocycles. The maximum Gasteiger partial charge on any atom is 0.147 e. The molecule has 0 bridgehead atoms. The number of hydrogen-bond donors (Lipinski definition) is 1. The largest absolute Gasteiger partial charge is 0.395 e. The normalized spacial score (nSPS) is 29.4. The standard InChI is InChI=1S/C12H18N4O/c17-9-11-2-1-10-8-15(5-6-16(10)11)12-7-13-3-4-14-12/h3-4,7,10-11,17H,1-2,5-6,8-9H2/t10-,11+/m0/s1. The van der Waals surface area contributed by atoms with Crippen LogP contribution < -0.4 is 4.90 Å². The fraction of sp³-hybridized carbons (Fsp3) is 0.667. The van der Waals surface area contributed by atoms with Crippen LogP contribution in [-0.2, 0) is 0 Å². The summed E-state index contributed by atoms with van der Waals surface area (Å²) in [4.78, 5) is 13.2. The minimum Gasteiger partial charge on any atom is -0.395 e. The maximum atomic E-state index is 9.31. The van der Waals surface area contributed by atoms with Crippen LogP contribution in [0.3, 0.4) is 0 Å². The predicted molar refractivity (Wildman–Crippen MR) is 64.8 cm³/mol. The van der Waals surface area contributed by atoms with E-state index in [2.05, 4.69) is 19.8 Å². The van der Waals surface area contributed by atoms with Crippen molar-refractivity contribution >= 4 is 5.82 Å². The number of aliphatic hydroxyl groups excluding tert-OH is 1. The van der Waals surface area contributed by atoms with Crippen LogP contribution in [0.1, 0.15) is 12.8 Å². The molecule has 2 aliphatic heterocycles. The average Bonchev–Trinajstić information content (AvgIpc) is 2.81. The minimum absolute atomic E-state index is 0.293. The summed E-state index contributed by atoms with van der Waals surface area (Å²) in [6.07, 6.45) is 7.58. The van der Waals surface area contributed by atoms with Crippen LogP contribution in [-0.4, -0.2) is 58.3 Å². The minimum atomic E-state index is 0.293. The van der Waals surface area contributed by atoms with Crippen molar-refractivity contribution < 1.29 is 5.11 Å². The van der Waals surface area contributed by atoms with Crippen molar-refractivity contribution in [2.45, 2.75) is 24.9 Å². The molecule has 3 rings (SSSR count). The van der Waals surface area contributed by atoms with Gasteiger partial charge in [0.1, 0.15) is 5.82 Å². The van der Waals surface area contributed by atoms with Gasteiger partial charge in [-0.1, -0.05) is 0 Å². The number of aliphatic hydroxyl groups is 1. The van der Waals surface area contributed by atoms with Gasteiger partial charge in [-0.2, -0.15) is 0 Å². The van der Waals surface area contributed by atoms with Gasteiger partial charge in [-0.15, -0.1) is 0 Å². The first-order valence-electron chi connectivity index (χ1n) is 6.26. The monoisotopic (exact) mass is 234 g/mol. The third-order valence-corrected chi connectivity index (χ3v) is 3.91. The van der Waals surface area contributed by atoms with Crippen LogP contribution in [0.4, 0.5) is 5.82 Å². The number of anilines is 1. The topological polar surface area (TPSA) is 52.5 Å².